The van der Waals surface area contributed by atoms with Gasteiger partial charge in [-0.05, 0) is 0 Å². The lowest BCUT2D eigenvalue weighted by Crippen LogP contribution is -2.16. The summed E-state index contributed by atoms with van der Waals surface area (Å²) >= 11 is 0. The fraction of sp³-hybridized carbons (Fsp3) is 0.273. The average molecular weight is 270 g/mol. The van der Waals surface area contributed by atoms with Crippen LogP contribution >= 0.6 is 0 Å². The van der Waals surface area contributed by atoms with E-state index in [4.69, 9.17) is 5.73 Å². The maximum Gasteiger partial charge on any atom is 0.328 e. The van der Waals surface area contributed by atoms with Crippen molar-refractivity contribution < 1.29 is 13.7 Å². The zero-order valence-corrected chi connectivity index (χ0v) is 11.2. The summed E-state index contributed by atoms with van der Waals surface area (Å²) in [6, 6.07) is 0.718. The summed E-state index contributed by atoms with van der Waals surface area (Å²) in [5.74, 6) is 0.0441. The highest BCUT2D eigenvalue weighted by Crippen LogP contribution is 2.29. The molecule has 0 radical (unpaired) electrons. The Morgan fingerprint density at radius 1 is 1.39 bits per heavy atom. The van der Waals surface area contributed by atoms with Crippen LogP contribution in [0.1, 0.15) is 5.56 Å². The van der Waals surface area contributed by atoms with Crippen molar-refractivity contribution in [3.05, 3.63) is 33.4 Å². The lowest BCUT2D eigenvalue weighted by molar-refractivity contribution is -0.386. The van der Waals surface area contributed by atoms with Gasteiger partial charge in [-0.1, -0.05) is 25.6 Å². The van der Waals surface area contributed by atoms with Gasteiger partial charge < -0.3 is 5.73 Å². The van der Waals surface area contributed by atoms with Crippen LogP contribution in [0.3, 0.4) is 0 Å². The number of hydrogen-bond acceptors (Lipinski definition) is 3. The Balaban J connectivity index is 3.50. The van der Waals surface area contributed by atoms with Crippen molar-refractivity contribution in [3.8, 4) is 11.5 Å². The van der Waals surface area contributed by atoms with Crippen LogP contribution in [0.5, 0.6) is 0 Å². The van der Waals surface area contributed by atoms with E-state index in [2.05, 4.69) is 11.5 Å². The van der Waals surface area contributed by atoms with Gasteiger partial charge in [-0.2, -0.15) is 4.39 Å². The molecule has 0 saturated carbocycles. The van der Waals surface area contributed by atoms with Gasteiger partial charge in [0.05, 0.1) is 4.92 Å². The second-order valence-corrected chi connectivity index (χ2v) is 9.49. The molecule has 0 aliphatic carbocycles. The van der Waals surface area contributed by atoms with Crippen molar-refractivity contribution >= 4 is 19.4 Å². The van der Waals surface area contributed by atoms with Crippen molar-refractivity contribution in [3.63, 3.8) is 0 Å². The molecular formula is C11H12F2N2O2Si. The van der Waals surface area contributed by atoms with E-state index in [1.165, 1.54) is 0 Å². The standard InChI is InChI=1S/C11H12F2N2O2Si/c1-18(2,3)5-4-7-8(12)6-9(14)11(10(7)13)15(16)17/h6H,14H2,1-3H3. The summed E-state index contributed by atoms with van der Waals surface area (Å²) in [6.45, 7) is 5.67. The molecule has 4 nitrogen and oxygen atoms in total. The molecule has 0 spiro atoms. The molecule has 0 aliphatic rings. The zero-order chi connectivity index (χ0) is 14.1. The van der Waals surface area contributed by atoms with E-state index in [1.807, 2.05) is 19.6 Å². The summed E-state index contributed by atoms with van der Waals surface area (Å²) in [7, 11) is -1.84. The van der Waals surface area contributed by atoms with Crippen LogP contribution in [0.2, 0.25) is 19.6 Å². The molecular weight excluding hydrogens is 258 g/mol. The molecule has 0 aromatic heterocycles. The minimum absolute atomic E-state index is 0.548. The number of rotatable bonds is 1. The number of hydrogen-bond donors (Lipinski definition) is 1. The molecule has 0 heterocycles. The van der Waals surface area contributed by atoms with Gasteiger partial charge in [0.1, 0.15) is 25.1 Å². The summed E-state index contributed by atoms with van der Waals surface area (Å²) in [5, 5.41) is 10.6. The summed E-state index contributed by atoms with van der Waals surface area (Å²) in [5.41, 5.74) is 5.88. The third kappa shape index (κ3) is 3.04. The summed E-state index contributed by atoms with van der Waals surface area (Å²) < 4.78 is 27.3. The fourth-order valence-corrected chi connectivity index (χ4v) is 1.68. The van der Waals surface area contributed by atoms with Gasteiger partial charge in [0, 0.05) is 6.07 Å². The molecule has 1 aromatic rings. The molecule has 0 bridgehead atoms. The first-order valence-electron chi connectivity index (χ1n) is 5.08. The smallest absolute Gasteiger partial charge is 0.328 e. The molecule has 0 amide bonds. The number of benzene rings is 1. The van der Waals surface area contributed by atoms with Gasteiger partial charge >= 0.3 is 5.69 Å². The Kier molecular flexibility index (Phi) is 3.72. The van der Waals surface area contributed by atoms with Crippen LogP contribution in [-0.2, 0) is 0 Å². The SMILES string of the molecule is C[Si](C)(C)C#Cc1c(F)cc(N)c([N+](=O)[O-])c1F. The number of anilines is 1. The zero-order valence-electron chi connectivity index (χ0n) is 10.2. The molecule has 0 atom stereocenters. The summed E-state index contributed by atoms with van der Waals surface area (Å²) in [6.07, 6.45) is 0. The van der Waals surface area contributed by atoms with Gasteiger partial charge in [0.15, 0.2) is 0 Å². The Morgan fingerprint density at radius 2 is 1.94 bits per heavy atom. The molecule has 96 valence electrons. The van der Waals surface area contributed by atoms with Gasteiger partial charge in [0.25, 0.3) is 0 Å². The van der Waals surface area contributed by atoms with E-state index in [-0.39, 0.29) is 0 Å². The lowest BCUT2D eigenvalue weighted by atomic mass is 10.1. The van der Waals surface area contributed by atoms with Gasteiger partial charge in [-0.25, -0.2) is 4.39 Å². The summed E-state index contributed by atoms with van der Waals surface area (Å²) in [4.78, 5) is 9.65. The van der Waals surface area contributed by atoms with Crippen LogP contribution in [-0.4, -0.2) is 13.0 Å². The van der Waals surface area contributed by atoms with Crippen molar-refractivity contribution in [2.45, 2.75) is 19.6 Å². The highest BCUT2D eigenvalue weighted by Gasteiger charge is 2.25. The largest absolute Gasteiger partial charge is 0.393 e. The fourth-order valence-electron chi connectivity index (χ4n) is 1.18. The first-order valence-corrected chi connectivity index (χ1v) is 8.58. The first-order chi connectivity index (χ1) is 8.13. The van der Waals surface area contributed by atoms with Crippen molar-refractivity contribution in [2.24, 2.45) is 0 Å². The molecule has 18 heavy (non-hydrogen) atoms. The maximum absolute atomic E-state index is 13.8. The van der Waals surface area contributed by atoms with Crippen LogP contribution < -0.4 is 5.73 Å². The van der Waals surface area contributed by atoms with E-state index in [0.29, 0.717) is 0 Å². The maximum atomic E-state index is 13.8. The van der Waals surface area contributed by atoms with Crippen molar-refractivity contribution in [2.75, 3.05) is 5.73 Å². The normalized spacial score (nSPS) is 10.7. The Bertz CT molecular complexity index is 571. The Hall–Kier alpha value is -1.94. The van der Waals surface area contributed by atoms with E-state index >= 15 is 0 Å². The lowest BCUT2D eigenvalue weighted by Gasteiger charge is -2.05. The van der Waals surface area contributed by atoms with Gasteiger partial charge in [-0.15, -0.1) is 5.54 Å². The molecule has 0 saturated heterocycles. The predicted molar refractivity (Wildman–Crippen MR) is 67.6 cm³/mol. The monoisotopic (exact) mass is 270 g/mol. The molecule has 0 aliphatic heterocycles. The second kappa shape index (κ2) is 4.74. The highest BCUT2D eigenvalue weighted by atomic mass is 28.3. The number of nitrogens with zero attached hydrogens (tertiary/aromatic N) is 1. The second-order valence-electron chi connectivity index (χ2n) is 4.74. The number of nitrogens with two attached hydrogens (primary N) is 1. The van der Waals surface area contributed by atoms with Crippen molar-refractivity contribution in [1.82, 2.24) is 0 Å². The first kappa shape index (κ1) is 14.1. The highest BCUT2D eigenvalue weighted by molar-refractivity contribution is 6.83. The minimum atomic E-state index is -1.84. The molecule has 7 heteroatoms. The Labute approximate surface area is 104 Å². The molecule has 2 N–H and O–H groups in total. The third-order valence-corrected chi connectivity index (χ3v) is 2.84. The molecule has 0 unspecified atom stereocenters. The number of nitro groups is 1. The molecule has 0 fully saturated rings. The predicted octanol–water partition coefficient (Wildman–Crippen LogP) is 2.68. The number of nitrogen functional groups attached to an aromatic ring is 1. The van der Waals surface area contributed by atoms with Gasteiger partial charge in [0.2, 0.25) is 5.82 Å². The average Bonchev–Trinajstić information content (AvgIpc) is 2.13. The molecule has 1 rings (SSSR count). The van der Waals surface area contributed by atoms with Crippen LogP contribution in [0, 0.1) is 33.2 Å². The topological polar surface area (TPSA) is 69.2 Å². The quantitative estimate of drug-likeness (QED) is 0.280. The number of nitro benzene ring substituents is 1. The van der Waals surface area contributed by atoms with Crippen LogP contribution in [0.4, 0.5) is 20.2 Å². The van der Waals surface area contributed by atoms with Gasteiger partial charge in [-0.3, -0.25) is 10.1 Å². The van der Waals surface area contributed by atoms with E-state index in [9.17, 15) is 18.9 Å². The Morgan fingerprint density at radius 3 is 2.39 bits per heavy atom. The van der Waals surface area contributed by atoms with Crippen molar-refractivity contribution in [1.29, 1.82) is 0 Å². The van der Waals surface area contributed by atoms with E-state index < -0.39 is 41.6 Å². The van der Waals surface area contributed by atoms with E-state index in [0.717, 1.165) is 6.07 Å². The van der Waals surface area contributed by atoms with E-state index in [1.54, 1.807) is 0 Å². The molecule has 1 aromatic carbocycles. The third-order valence-electron chi connectivity index (χ3n) is 1.97. The van der Waals surface area contributed by atoms with Crippen LogP contribution in [0.15, 0.2) is 6.07 Å². The number of halogens is 2. The van der Waals surface area contributed by atoms with Crippen LogP contribution in [0.25, 0.3) is 0 Å². The minimum Gasteiger partial charge on any atom is -0.393 e.